The van der Waals surface area contributed by atoms with Crippen molar-refractivity contribution < 1.29 is 0 Å². The molecule has 0 radical (unpaired) electrons. The van der Waals surface area contributed by atoms with Crippen molar-refractivity contribution >= 4 is 0 Å². The van der Waals surface area contributed by atoms with Gasteiger partial charge in [-0.1, -0.05) is 38.5 Å². The largest absolute Gasteiger partial charge is 0.314 e. The minimum Gasteiger partial charge on any atom is -0.314 e. The molecule has 82 valence electrons. The van der Waals surface area contributed by atoms with Crippen LogP contribution in [-0.4, -0.2) is 12.6 Å². The first-order valence-corrected chi connectivity index (χ1v) is 6.68. The minimum absolute atomic E-state index is 0.866. The number of piperidine rings is 1. The number of hydrogen-bond acceptors (Lipinski definition) is 1. The van der Waals surface area contributed by atoms with Crippen molar-refractivity contribution in [2.75, 3.05) is 6.54 Å². The summed E-state index contributed by atoms with van der Waals surface area (Å²) in [7, 11) is 0. The summed E-state index contributed by atoms with van der Waals surface area (Å²) in [5.74, 6) is 1.08. The lowest BCUT2D eigenvalue weighted by atomic mass is 9.84. The standard InChI is InChI=1S/C13H25N/c1-2-6-12(7-3-1)9-10-13-8-4-5-11-14-13/h12-14H,1-11H2. The molecule has 2 aliphatic rings. The lowest BCUT2D eigenvalue weighted by Crippen LogP contribution is -2.34. The molecule has 1 unspecified atom stereocenters. The summed E-state index contributed by atoms with van der Waals surface area (Å²) >= 11 is 0. The van der Waals surface area contributed by atoms with Crippen LogP contribution in [0.2, 0.25) is 0 Å². The van der Waals surface area contributed by atoms with Crippen molar-refractivity contribution in [1.29, 1.82) is 0 Å². The van der Waals surface area contributed by atoms with Gasteiger partial charge >= 0.3 is 0 Å². The van der Waals surface area contributed by atoms with Crippen LogP contribution >= 0.6 is 0 Å². The second kappa shape index (κ2) is 5.75. The molecule has 1 atom stereocenters. The van der Waals surface area contributed by atoms with E-state index in [-0.39, 0.29) is 0 Å². The quantitative estimate of drug-likeness (QED) is 0.727. The predicted molar refractivity (Wildman–Crippen MR) is 61.5 cm³/mol. The Bertz CT molecular complexity index is 125. The summed E-state index contributed by atoms with van der Waals surface area (Å²) in [6.45, 7) is 1.27. The Morgan fingerprint density at radius 2 is 1.57 bits per heavy atom. The Morgan fingerprint density at radius 3 is 2.29 bits per heavy atom. The van der Waals surface area contributed by atoms with E-state index >= 15 is 0 Å². The molecule has 1 nitrogen and oxygen atoms in total. The van der Waals surface area contributed by atoms with Gasteiger partial charge in [0, 0.05) is 6.04 Å². The van der Waals surface area contributed by atoms with Gasteiger partial charge in [0.15, 0.2) is 0 Å². The first kappa shape index (κ1) is 10.5. The maximum Gasteiger partial charge on any atom is 0.00671 e. The maximum atomic E-state index is 3.66. The highest BCUT2D eigenvalue weighted by Crippen LogP contribution is 2.28. The van der Waals surface area contributed by atoms with Gasteiger partial charge in [-0.3, -0.25) is 0 Å². The van der Waals surface area contributed by atoms with E-state index in [9.17, 15) is 0 Å². The zero-order valence-electron chi connectivity index (χ0n) is 9.43. The molecular weight excluding hydrogens is 170 g/mol. The fourth-order valence-corrected chi connectivity index (χ4v) is 3.08. The summed E-state index contributed by atoms with van der Waals surface area (Å²) in [6.07, 6.45) is 14.8. The second-order valence-electron chi connectivity index (χ2n) is 5.23. The van der Waals surface area contributed by atoms with Crippen LogP contribution in [0.4, 0.5) is 0 Å². The average Bonchev–Trinajstić information content (AvgIpc) is 2.29. The smallest absolute Gasteiger partial charge is 0.00671 e. The molecule has 0 bridgehead atoms. The third-order valence-electron chi connectivity index (χ3n) is 4.06. The highest BCUT2D eigenvalue weighted by molar-refractivity contribution is 4.74. The van der Waals surface area contributed by atoms with E-state index in [1.807, 2.05) is 0 Å². The summed E-state index contributed by atoms with van der Waals surface area (Å²) in [4.78, 5) is 0. The Balaban J connectivity index is 1.60. The number of nitrogens with one attached hydrogen (secondary N) is 1. The molecule has 1 heterocycles. The molecule has 2 fully saturated rings. The third-order valence-corrected chi connectivity index (χ3v) is 4.06. The molecule has 0 aromatic heterocycles. The molecule has 2 rings (SSSR count). The fraction of sp³-hybridized carbons (Fsp3) is 1.00. The summed E-state index contributed by atoms with van der Waals surface area (Å²) < 4.78 is 0. The summed E-state index contributed by atoms with van der Waals surface area (Å²) in [6, 6.07) is 0.866. The Kier molecular flexibility index (Phi) is 4.30. The fourth-order valence-electron chi connectivity index (χ4n) is 3.08. The van der Waals surface area contributed by atoms with Crippen LogP contribution < -0.4 is 5.32 Å². The second-order valence-corrected chi connectivity index (χ2v) is 5.23. The van der Waals surface area contributed by atoms with Crippen LogP contribution in [0.25, 0.3) is 0 Å². The van der Waals surface area contributed by atoms with Crippen molar-refractivity contribution in [2.45, 2.75) is 70.3 Å². The first-order chi connectivity index (χ1) is 6.95. The van der Waals surface area contributed by atoms with Gasteiger partial charge in [-0.05, 0) is 38.1 Å². The number of rotatable bonds is 3. The van der Waals surface area contributed by atoms with E-state index in [1.165, 1.54) is 70.8 Å². The van der Waals surface area contributed by atoms with Gasteiger partial charge in [-0.15, -0.1) is 0 Å². The molecule has 1 saturated carbocycles. The Morgan fingerprint density at radius 1 is 0.786 bits per heavy atom. The monoisotopic (exact) mass is 195 g/mol. The van der Waals surface area contributed by atoms with Crippen LogP contribution in [-0.2, 0) is 0 Å². The van der Waals surface area contributed by atoms with Crippen molar-refractivity contribution in [1.82, 2.24) is 5.32 Å². The van der Waals surface area contributed by atoms with E-state index in [1.54, 1.807) is 0 Å². The van der Waals surface area contributed by atoms with Crippen molar-refractivity contribution in [3.8, 4) is 0 Å². The average molecular weight is 195 g/mol. The topological polar surface area (TPSA) is 12.0 Å². The number of hydrogen-bond donors (Lipinski definition) is 1. The van der Waals surface area contributed by atoms with Gasteiger partial charge in [0.25, 0.3) is 0 Å². The van der Waals surface area contributed by atoms with Crippen LogP contribution in [0.5, 0.6) is 0 Å². The van der Waals surface area contributed by atoms with E-state index in [0.717, 1.165) is 12.0 Å². The first-order valence-electron chi connectivity index (χ1n) is 6.68. The molecule has 1 aliphatic carbocycles. The van der Waals surface area contributed by atoms with E-state index in [4.69, 9.17) is 0 Å². The molecule has 1 saturated heterocycles. The van der Waals surface area contributed by atoms with Gasteiger partial charge in [-0.25, -0.2) is 0 Å². The highest BCUT2D eigenvalue weighted by atomic mass is 14.9. The van der Waals surface area contributed by atoms with Gasteiger partial charge in [-0.2, -0.15) is 0 Å². The normalized spacial score (nSPS) is 30.4. The van der Waals surface area contributed by atoms with E-state index < -0.39 is 0 Å². The molecule has 1 aliphatic heterocycles. The van der Waals surface area contributed by atoms with Crippen LogP contribution in [0.1, 0.15) is 64.2 Å². The summed E-state index contributed by atoms with van der Waals surface area (Å²) in [5.41, 5.74) is 0. The molecular formula is C13H25N. The Labute approximate surface area is 88.7 Å². The third kappa shape index (κ3) is 3.27. The Hall–Kier alpha value is -0.0400. The molecule has 0 aromatic rings. The molecule has 14 heavy (non-hydrogen) atoms. The van der Waals surface area contributed by atoms with Crippen molar-refractivity contribution in [3.05, 3.63) is 0 Å². The van der Waals surface area contributed by atoms with Crippen LogP contribution in [0.15, 0.2) is 0 Å². The van der Waals surface area contributed by atoms with Crippen molar-refractivity contribution in [2.24, 2.45) is 5.92 Å². The lowest BCUT2D eigenvalue weighted by Gasteiger charge is -2.27. The van der Waals surface area contributed by atoms with Gasteiger partial charge in [0.1, 0.15) is 0 Å². The van der Waals surface area contributed by atoms with Gasteiger partial charge < -0.3 is 5.32 Å². The predicted octanol–water partition coefficient (Wildman–Crippen LogP) is 3.49. The zero-order chi connectivity index (χ0) is 9.64. The molecule has 0 aromatic carbocycles. The van der Waals surface area contributed by atoms with E-state index in [2.05, 4.69) is 5.32 Å². The highest BCUT2D eigenvalue weighted by Gasteiger charge is 2.17. The van der Waals surface area contributed by atoms with Crippen molar-refractivity contribution in [3.63, 3.8) is 0 Å². The summed E-state index contributed by atoms with van der Waals surface area (Å²) in [5, 5.41) is 3.66. The van der Waals surface area contributed by atoms with Gasteiger partial charge in [0.05, 0.1) is 0 Å². The minimum atomic E-state index is 0.866. The lowest BCUT2D eigenvalue weighted by molar-refractivity contribution is 0.295. The zero-order valence-corrected chi connectivity index (χ0v) is 9.43. The SMILES string of the molecule is C1CCC(CCC2CCCCN2)CC1. The van der Waals surface area contributed by atoms with Crippen LogP contribution in [0.3, 0.4) is 0 Å². The van der Waals surface area contributed by atoms with Gasteiger partial charge in [0.2, 0.25) is 0 Å². The molecule has 0 spiro atoms. The van der Waals surface area contributed by atoms with Crippen LogP contribution in [0, 0.1) is 5.92 Å². The maximum absolute atomic E-state index is 3.66. The van der Waals surface area contributed by atoms with E-state index in [0.29, 0.717) is 0 Å². The molecule has 1 N–H and O–H groups in total. The molecule has 0 amide bonds. The molecule has 1 heteroatoms.